The molecule has 4 rings (SSSR count). The van der Waals surface area contributed by atoms with E-state index in [2.05, 4.69) is 0 Å². The predicted molar refractivity (Wildman–Crippen MR) is 95.8 cm³/mol. The van der Waals surface area contributed by atoms with E-state index in [9.17, 15) is 22.0 Å². The highest BCUT2D eigenvalue weighted by Gasteiger charge is 2.53. The van der Waals surface area contributed by atoms with Gasteiger partial charge in [-0.2, -0.15) is 4.31 Å². The van der Waals surface area contributed by atoms with E-state index < -0.39 is 35.0 Å². The van der Waals surface area contributed by atoms with Gasteiger partial charge in [-0.25, -0.2) is 17.2 Å². The third-order valence-electron chi connectivity index (χ3n) is 5.80. The number of halogens is 2. The van der Waals surface area contributed by atoms with Gasteiger partial charge in [0.05, 0.1) is 18.8 Å². The lowest BCUT2D eigenvalue weighted by atomic mass is 9.98. The fourth-order valence-electron chi connectivity index (χ4n) is 4.25. The molecule has 0 N–H and O–H groups in total. The van der Waals surface area contributed by atoms with Gasteiger partial charge >= 0.3 is 0 Å². The largest absolute Gasteiger partial charge is 0.337 e. The van der Waals surface area contributed by atoms with Crippen LogP contribution in [0.1, 0.15) is 17.5 Å². The number of hydrogen-bond donors (Lipinski definition) is 0. The molecule has 3 heterocycles. The zero-order valence-electron chi connectivity index (χ0n) is 15.1. The molecule has 1 atom stereocenters. The van der Waals surface area contributed by atoms with Gasteiger partial charge in [-0.3, -0.25) is 9.69 Å². The fraction of sp³-hybridized carbons (Fsp3) is 0.611. The Labute approximate surface area is 157 Å². The molecule has 0 saturated carbocycles. The minimum Gasteiger partial charge on any atom is -0.337 e. The number of sulfonamides is 1. The first-order chi connectivity index (χ1) is 12.6. The lowest BCUT2D eigenvalue weighted by Crippen LogP contribution is -2.63. The van der Waals surface area contributed by atoms with Crippen molar-refractivity contribution in [2.75, 3.05) is 32.4 Å². The Morgan fingerprint density at radius 1 is 1.19 bits per heavy atom. The van der Waals surface area contributed by atoms with Crippen molar-refractivity contribution in [1.29, 1.82) is 0 Å². The van der Waals surface area contributed by atoms with Gasteiger partial charge in [0, 0.05) is 38.6 Å². The lowest BCUT2D eigenvalue weighted by molar-refractivity contribution is -0.138. The van der Waals surface area contributed by atoms with Crippen molar-refractivity contribution in [3.05, 3.63) is 35.4 Å². The quantitative estimate of drug-likeness (QED) is 0.759. The summed E-state index contributed by atoms with van der Waals surface area (Å²) in [5, 5.41) is 0. The second-order valence-electron chi connectivity index (χ2n) is 7.76. The summed E-state index contributed by atoms with van der Waals surface area (Å²) in [6.07, 6.45) is 1.32. The highest BCUT2D eigenvalue weighted by atomic mass is 32.2. The van der Waals surface area contributed by atoms with Crippen LogP contribution in [0, 0.1) is 0 Å². The van der Waals surface area contributed by atoms with Gasteiger partial charge in [0.15, 0.2) is 0 Å². The minimum atomic E-state index is -3.33. The van der Waals surface area contributed by atoms with E-state index in [4.69, 9.17) is 0 Å². The van der Waals surface area contributed by atoms with Crippen molar-refractivity contribution < 1.29 is 22.0 Å². The summed E-state index contributed by atoms with van der Waals surface area (Å²) in [7, 11) is -3.33. The topological polar surface area (TPSA) is 60.9 Å². The number of nitrogens with zero attached hydrogens (tertiary/aromatic N) is 3. The molecule has 6 nitrogen and oxygen atoms in total. The lowest BCUT2D eigenvalue weighted by Gasteiger charge is -2.44. The summed E-state index contributed by atoms with van der Waals surface area (Å²) in [5.74, 6) is -3.21. The Morgan fingerprint density at radius 3 is 2.52 bits per heavy atom. The molecule has 1 aromatic rings. The molecule has 1 amide bonds. The molecule has 3 aliphatic rings. The second kappa shape index (κ2) is 6.49. The smallest absolute Gasteiger partial charge is 0.262 e. The molecule has 0 unspecified atom stereocenters. The molecule has 0 aromatic heterocycles. The molecule has 3 aliphatic heterocycles. The number of fused-ring (bicyclic) bond motifs is 1. The number of hydrogen-bond acceptors (Lipinski definition) is 4. The Hall–Kier alpha value is -1.58. The van der Waals surface area contributed by atoms with E-state index in [0.29, 0.717) is 13.1 Å². The number of carbonyl (C=O) groups excluding carboxylic acids is 1. The van der Waals surface area contributed by atoms with E-state index in [1.807, 2.05) is 24.3 Å². The Balaban J connectivity index is 1.48. The second-order valence-corrected chi connectivity index (χ2v) is 9.74. The summed E-state index contributed by atoms with van der Waals surface area (Å²) in [4.78, 5) is 16.2. The van der Waals surface area contributed by atoms with Gasteiger partial charge in [0.1, 0.15) is 0 Å². The normalized spacial score (nSPS) is 26.6. The monoisotopic (exact) mass is 399 g/mol. The molecule has 0 spiro atoms. The van der Waals surface area contributed by atoms with E-state index in [1.54, 1.807) is 4.90 Å². The number of carbonyl (C=O) groups is 1. The predicted octanol–water partition coefficient (Wildman–Crippen LogP) is 0.925. The average Bonchev–Trinajstić information content (AvgIpc) is 2.86. The average molecular weight is 399 g/mol. The molecule has 27 heavy (non-hydrogen) atoms. The van der Waals surface area contributed by atoms with Crippen molar-refractivity contribution in [3.8, 4) is 0 Å². The number of alkyl halides is 2. The number of amides is 1. The summed E-state index contributed by atoms with van der Waals surface area (Å²) < 4.78 is 52.6. The summed E-state index contributed by atoms with van der Waals surface area (Å²) in [5.41, 5.74) is 2.25. The first-order valence-corrected chi connectivity index (χ1v) is 10.9. The zero-order chi connectivity index (χ0) is 19.4. The van der Waals surface area contributed by atoms with Crippen LogP contribution in [0.2, 0.25) is 0 Å². The maximum Gasteiger partial charge on any atom is 0.262 e. The summed E-state index contributed by atoms with van der Waals surface area (Å²) >= 11 is 0. The number of benzene rings is 1. The van der Waals surface area contributed by atoms with Crippen LogP contribution in [0.3, 0.4) is 0 Å². The molecule has 2 saturated heterocycles. The van der Waals surface area contributed by atoms with Crippen LogP contribution in [0.25, 0.3) is 0 Å². The Kier molecular flexibility index (Phi) is 4.51. The van der Waals surface area contributed by atoms with E-state index in [0.717, 1.165) is 18.2 Å². The summed E-state index contributed by atoms with van der Waals surface area (Å²) in [6, 6.07) is 6.64. The van der Waals surface area contributed by atoms with Crippen LogP contribution in [-0.4, -0.2) is 78.9 Å². The van der Waals surface area contributed by atoms with Gasteiger partial charge in [-0.05, 0) is 17.5 Å². The third kappa shape index (κ3) is 3.60. The van der Waals surface area contributed by atoms with Gasteiger partial charge in [-0.1, -0.05) is 24.3 Å². The fourth-order valence-corrected chi connectivity index (χ4v) is 5.13. The van der Waals surface area contributed by atoms with Crippen LogP contribution < -0.4 is 0 Å². The standard InChI is InChI=1S/C18H23F2N3O3S/c1-27(25,26)22-10-15(11-22)23-12-18(19,20)8-16(23)17(24)21-7-6-13-4-2-3-5-14(13)9-21/h2-5,15-16H,6-12H2,1H3/t16-/m0/s1. The molecule has 0 aliphatic carbocycles. The van der Waals surface area contributed by atoms with Gasteiger partial charge in [0.25, 0.3) is 5.92 Å². The van der Waals surface area contributed by atoms with Crippen molar-refractivity contribution in [3.63, 3.8) is 0 Å². The first kappa shape index (κ1) is 18.8. The highest BCUT2D eigenvalue weighted by molar-refractivity contribution is 7.88. The van der Waals surface area contributed by atoms with Crippen LogP contribution in [0.5, 0.6) is 0 Å². The van der Waals surface area contributed by atoms with Crippen molar-refractivity contribution in [1.82, 2.24) is 14.1 Å². The Morgan fingerprint density at radius 2 is 1.85 bits per heavy atom. The number of rotatable bonds is 3. The van der Waals surface area contributed by atoms with Gasteiger partial charge in [-0.15, -0.1) is 0 Å². The van der Waals surface area contributed by atoms with Crippen molar-refractivity contribution in [2.24, 2.45) is 0 Å². The van der Waals surface area contributed by atoms with Gasteiger partial charge < -0.3 is 4.90 Å². The maximum atomic E-state index is 14.1. The minimum absolute atomic E-state index is 0.168. The summed E-state index contributed by atoms with van der Waals surface area (Å²) in [6.45, 7) is 0.802. The first-order valence-electron chi connectivity index (χ1n) is 9.08. The number of likely N-dealkylation sites (tertiary alicyclic amines) is 1. The maximum absolute atomic E-state index is 14.1. The van der Waals surface area contributed by atoms with Crippen molar-refractivity contribution >= 4 is 15.9 Å². The van der Waals surface area contributed by atoms with Crippen molar-refractivity contribution in [2.45, 2.75) is 37.4 Å². The highest BCUT2D eigenvalue weighted by Crippen LogP contribution is 2.37. The Bertz CT molecular complexity index is 855. The zero-order valence-corrected chi connectivity index (χ0v) is 16.0. The van der Waals surface area contributed by atoms with Gasteiger partial charge in [0.2, 0.25) is 15.9 Å². The molecule has 0 radical (unpaired) electrons. The van der Waals surface area contributed by atoms with E-state index >= 15 is 0 Å². The van der Waals surface area contributed by atoms with Crippen LogP contribution in [0.4, 0.5) is 8.78 Å². The molecule has 1 aromatic carbocycles. The van der Waals surface area contributed by atoms with Crippen LogP contribution in [-0.2, 0) is 27.8 Å². The molecular weight excluding hydrogens is 376 g/mol. The molecule has 148 valence electrons. The third-order valence-corrected chi connectivity index (χ3v) is 7.04. The van der Waals surface area contributed by atoms with E-state index in [-0.39, 0.29) is 25.0 Å². The molecule has 2 fully saturated rings. The van der Waals surface area contributed by atoms with E-state index in [1.165, 1.54) is 14.8 Å². The van der Waals surface area contributed by atoms with Crippen LogP contribution >= 0.6 is 0 Å². The SMILES string of the molecule is CS(=O)(=O)N1CC(N2CC(F)(F)C[C@H]2C(=O)N2CCc3ccccc3C2)C1. The van der Waals surface area contributed by atoms with Crippen LogP contribution in [0.15, 0.2) is 24.3 Å². The molecule has 0 bridgehead atoms. The molecule has 9 heteroatoms. The molecular formula is C18H23F2N3O3S.